The van der Waals surface area contributed by atoms with Crippen LogP contribution in [0.2, 0.25) is 0 Å². The topological polar surface area (TPSA) is 43.8 Å². The van der Waals surface area contributed by atoms with Crippen molar-refractivity contribution in [3.05, 3.63) is 21.4 Å². The molecular formula is C15H22N2O2S. The summed E-state index contributed by atoms with van der Waals surface area (Å²) < 4.78 is 0. The lowest BCUT2D eigenvalue weighted by Gasteiger charge is -2.42. The zero-order valence-electron chi connectivity index (χ0n) is 12.1. The highest BCUT2D eigenvalue weighted by Gasteiger charge is 2.34. The molecule has 2 aliphatic rings. The summed E-state index contributed by atoms with van der Waals surface area (Å²) in [5.41, 5.74) is 1.19. The van der Waals surface area contributed by atoms with E-state index in [9.17, 15) is 4.79 Å². The third kappa shape index (κ3) is 2.62. The van der Waals surface area contributed by atoms with Crippen LogP contribution in [0.3, 0.4) is 0 Å². The van der Waals surface area contributed by atoms with Crippen molar-refractivity contribution in [2.75, 3.05) is 19.6 Å². The number of nitrogens with zero attached hydrogens (tertiary/aromatic N) is 2. The molecule has 2 unspecified atom stereocenters. The van der Waals surface area contributed by atoms with Crippen LogP contribution in [0.25, 0.3) is 0 Å². The largest absolute Gasteiger partial charge is 0.477 e. The highest BCUT2D eigenvalue weighted by Crippen LogP contribution is 2.28. The van der Waals surface area contributed by atoms with E-state index in [1.165, 1.54) is 36.3 Å². The van der Waals surface area contributed by atoms with Gasteiger partial charge in [0.15, 0.2) is 0 Å². The van der Waals surface area contributed by atoms with Crippen molar-refractivity contribution in [1.82, 2.24) is 9.80 Å². The molecule has 1 aromatic heterocycles. The second-order valence-electron chi connectivity index (χ2n) is 6.07. The van der Waals surface area contributed by atoms with E-state index in [2.05, 4.69) is 16.7 Å². The Hall–Kier alpha value is -0.910. The maximum absolute atomic E-state index is 11.1. The van der Waals surface area contributed by atoms with Gasteiger partial charge in [0, 0.05) is 36.6 Å². The second-order valence-corrected chi connectivity index (χ2v) is 7.32. The van der Waals surface area contributed by atoms with Gasteiger partial charge in [-0.3, -0.25) is 9.80 Å². The molecule has 3 heterocycles. The Morgan fingerprint density at radius 2 is 2.30 bits per heavy atom. The van der Waals surface area contributed by atoms with E-state index < -0.39 is 5.97 Å². The van der Waals surface area contributed by atoms with Gasteiger partial charge in [0.2, 0.25) is 0 Å². The third-order valence-electron chi connectivity index (χ3n) is 4.67. The number of thiophene rings is 1. The number of piperazine rings is 1. The van der Waals surface area contributed by atoms with Gasteiger partial charge in [0.25, 0.3) is 0 Å². The number of aryl methyl sites for hydroxylation is 1. The Balaban J connectivity index is 1.72. The van der Waals surface area contributed by atoms with Crippen LogP contribution in [0.1, 0.15) is 39.9 Å². The fraction of sp³-hybridized carbons (Fsp3) is 0.667. The molecule has 2 atom stereocenters. The lowest BCUT2D eigenvalue weighted by molar-refractivity contribution is 0.0539. The van der Waals surface area contributed by atoms with Crippen molar-refractivity contribution in [1.29, 1.82) is 0 Å². The molecule has 0 aromatic carbocycles. The minimum Gasteiger partial charge on any atom is -0.477 e. The predicted molar refractivity (Wildman–Crippen MR) is 80.5 cm³/mol. The fourth-order valence-electron chi connectivity index (χ4n) is 3.47. The molecule has 20 heavy (non-hydrogen) atoms. The molecule has 110 valence electrons. The lowest BCUT2D eigenvalue weighted by Crippen LogP contribution is -2.54. The van der Waals surface area contributed by atoms with Crippen molar-refractivity contribution in [3.63, 3.8) is 0 Å². The Morgan fingerprint density at radius 3 is 3.00 bits per heavy atom. The number of fused-ring (bicyclic) bond motifs is 1. The van der Waals surface area contributed by atoms with E-state index in [-0.39, 0.29) is 0 Å². The summed E-state index contributed by atoms with van der Waals surface area (Å²) in [6, 6.07) is 3.12. The number of hydrogen-bond acceptors (Lipinski definition) is 4. The number of carboxylic acid groups (broad SMARTS) is 1. The van der Waals surface area contributed by atoms with Crippen molar-refractivity contribution in [2.45, 2.75) is 45.3 Å². The molecule has 2 saturated heterocycles. The fourth-order valence-corrected chi connectivity index (χ4v) is 4.34. The minimum absolute atomic E-state index is 0.463. The molecule has 4 nitrogen and oxygen atoms in total. The van der Waals surface area contributed by atoms with E-state index in [0.29, 0.717) is 17.0 Å². The molecule has 5 heteroatoms. The summed E-state index contributed by atoms with van der Waals surface area (Å²) in [6.45, 7) is 8.74. The van der Waals surface area contributed by atoms with E-state index in [0.717, 1.165) is 24.5 Å². The summed E-state index contributed by atoms with van der Waals surface area (Å²) in [5.74, 6) is -0.807. The minimum atomic E-state index is -0.807. The average molecular weight is 294 g/mol. The van der Waals surface area contributed by atoms with Crippen LogP contribution in [0.5, 0.6) is 0 Å². The van der Waals surface area contributed by atoms with Crippen LogP contribution in [0.15, 0.2) is 6.07 Å². The molecular weight excluding hydrogens is 272 g/mol. The smallest absolute Gasteiger partial charge is 0.345 e. The van der Waals surface area contributed by atoms with Crippen LogP contribution in [0.4, 0.5) is 0 Å². The van der Waals surface area contributed by atoms with Crippen LogP contribution in [-0.2, 0) is 6.54 Å². The molecule has 0 bridgehead atoms. The van der Waals surface area contributed by atoms with E-state index in [4.69, 9.17) is 5.11 Å². The first-order valence-corrected chi connectivity index (χ1v) is 8.17. The Labute approximate surface area is 124 Å². The van der Waals surface area contributed by atoms with Crippen LogP contribution >= 0.6 is 11.3 Å². The van der Waals surface area contributed by atoms with Crippen molar-refractivity contribution < 1.29 is 9.90 Å². The predicted octanol–water partition coefficient (Wildman–Crippen LogP) is 2.42. The molecule has 0 radical (unpaired) electrons. The van der Waals surface area contributed by atoms with Crippen molar-refractivity contribution >= 4 is 17.3 Å². The zero-order chi connectivity index (χ0) is 14.3. The van der Waals surface area contributed by atoms with E-state index in [1.807, 2.05) is 13.0 Å². The molecule has 3 rings (SSSR count). The van der Waals surface area contributed by atoms with Gasteiger partial charge in [0.05, 0.1) is 0 Å². The molecule has 0 saturated carbocycles. The number of aromatic carboxylic acids is 1. The molecule has 1 N–H and O–H groups in total. The van der Waals surface area contributed by atoms with Crippen LogP contribution < -0.4 is 0 Å². The van der Waals surface area contributed by atoms with Gasteiger partial charge < -0.3 is 5.11 Å². The third-order valence-corrected chi connectivity index (χ3v) is 5.75. The molecule has 1 aromatic rings. The number of carboxylic acids is 1. The first kappa shape index (κ1) is 14.0. The second kappa shape index (κ2) is 5.47. The summed E-state index contributed by atoms with van der Waals surface area (Å²) >= 11 is 1.40. The molecule has 2 aliphatic heterocycles. The maximum atomic E-state index is 11.1. The van der Waals surface area contributed by atoms with Gasteiger partial charge in [-0.15, -0.1) is 11.3 Å². The highest BCUT2D eigenvalue weighted by atomic mass is 32.1. The van der Waals surface area contributed by atoms with Gasteiger partial charge in [0.1, 0.15) is 4.88 Å². The Morgan fingerprint density at radius 1 is 1.50 bits per heavy atom. The number of hydrogen-bond donors (Lipinski definition) is 1. The van der Waals surface area contributed by atoms with E-state index in [1.54, 1.807) is 0 Å². The van der Waals surface area contributed by atoms with Gasteiger partial charge in [-0.2, -0.15) is 0 Å². The van der Waals surface area contributed by atoms with Crippen molar-refractivity contribution in [2.24, 2.45) is 0 Å². The molecule has 0 spiro atoms. The van der Waals surface area contributed by atoms with Crippen LogP contribution in [0, 0.1) is 6.92 Å². The summed E-state index contributed by atoms with van der Waals surface area (Å²) in [7, 11) is 0. The van der Waals surface area contributed by atoms with Gasteiger partial charge in [-0.05, 0) is 44.9 Å². The molecule has 0 amide bonds. The Kier molecular flexibility index (Phi) is 3.84. The zero-order valence-corrected chi connectivity index (χ0v) is 12.9. The lowest BCUT2D eigenvalue weighted by atomic mass is 10.1. The first-order chi connectivity index (χ1) is 9.54. The average Bonchev–Trinajstić information content (AvgIpc) is 2.97. The van der Waals surface area contributed by atoms with Gasteiger partial charge in [-0.1, -0.05) is 0 Å². The summed E-state index contributed by atoms with van der Waals surface area (Å²) in [5, 5.41) is 9.09. The van der Waals surface area contributed by atoms with Gasteiger partial charge >= 0.3 is 5.97 Å². The maximum Gasteiger partial charge on any atom is 0.345 e. The molecule has 0 aliphatic carbocycles. The standard InChI is InChI=1S/C15H22N2O2S/c1-10-7-16-5-3-4-13(16)9-17(10)8-12-6-14(15(18)19)20-11(12)2/h6,10,13H,3-5,7-9H2,1-2H3,(H,18,19). The number of carbonyl (C=O) groups is 1. The molecule has 2 fully saturated rings. The Bertz CT molecular complexity index is 514. The monoisotopic (exact) mass is 294 g/mol. The highest BCUT2D eigenvalue weighted by molar-refractivity contribution is 7.14. The SMILES string of the molecule is Cc1sc(C(=O)O)cc1CN1CC2CCCN2CC1C. The quantitative estimate of drug-likeness (QED) is 0.930. The van der Waals surface area contributed by atoms with Crippen molar-refractivity contribution in [3.8, 4) is 0 Å². The normalized spacial score (nSPS) is 27.7. The van der Waals surface area contributed by atoms with E-state index >= 15 is 0 Å². The van der Waals surface area contributed by atoms with Crippen LogP contribution in [-0.4, -0.2) is 52.6 Å². The van der Waals surface area contributed by atoms with Gasteiger partial charge in [-0.25, -0.2) is 4.79 Å². The number of rotatable bonds is 3. The first-order valence-electron chi connectivity index (χ1n) is 7.35. The summed E-state index contributed by atoms with van der Waals surface area (Å²) in [4.78, 5) is 17.8. The summed E-state index contributed by atoms with van der Waals surface area (Å²) in [6.07, 6.45) is 2.64.